The quantitative estimate of drug-likeness (QED) is 0.889. The van der Waals surface area contributed by atoms with Crippen molar-refractivity contribution in [2.24, 2.45) is 0 Å². The number of aryl methyl sites for hydroxylation is 1. The normalized spacial score (nSPS) is 14.0. The Morgan fingerprint density at radius 1 is 1.33 bits per heavy atom. The summed E-state index contributed by atoms with van der Waals surface area (Å²) in [7, 11) is 0. The molecule has 2 N–H and O–H groups in total. The summed E-state index contributed by atoms with van der Waals surface area (Å²) in [5.41, 5.74) is 4.91. The van der Waals surface area contributed by atoms with Crippen molar-refractivity contribution in [3.63, 3.8) is 0 Å². The number of nitrogens with one attached hydrogen (secondary N) is 2. The smallest absolute Gasteiger partial charge is 0.0898 e. The standard InChI is InChI=1S/C15H18ClN3S.ClH/c1-10-19-12(9-20-10)8-18-15-13-5-7-17-6-4-11(13)2-3-14(15)16;/h2-3,9,17-18H,4-8H2,1H3;1H. The first kappa shape index (κ1) is 16.6. The van der Waals surface area contributed by atoms with E-state index in [0.29, 0.717) is 0 Å². The van der Waals surface area contributed by atoms with E-state index in [2.05, 4.69) is 27.1 Å². The fourth-order valence-corrected chi connectivity index (χ4v) is 3.46. The topological polar surface area (TPSA) is 37.0 Å². The number of aromatic nitrogens is 1. The van der Waals surface area contributed by atoms with Gasteiger partial charge < -0.3 is 10.6 Å². The predicted octanol–water partition coefficient (Wildman–Crippen LogP) is 3.83. The van der Waals surface area contributed by atoms with Gasteiger partial charge in [0.1, 0.15) is 0 Å². The maximum absolute atomic E-state index is 6.39. The fraction of sp³-hybridized carbons (Fsp3) is 0.400. The Morgan fingerprint density at radius 2 is 2.14 bits per heavy atom. The molecule has 114 valence electrons. The maximum Gasteiger partial charge on any atom is 0.0898 e. The van der Waals surface area contributed by atoms with E-state index in [1.54, 1.807) is 11.3 Å². The van der Waals surface area contributed by atoms with Crippen LogP contribution in [0.4, 0.5) is 5.69 Å². The van der Waals surface area contributed by atoms with Gasteiger partial charge in [-0.15, -0.1) is 23.7 Å². The summed E-state index contributed by atoms with van der Waals surface area (Å²) in [5, 5.41) is 10.9. The number of halogens is 2. The van der Waals surface area contributed by atoms with Crippen molar-refractivity contribution in [1.82, 2.24) is 10.3 Å². The molecule has 1 aromatic carbocycles. The van der Waals surface area contributed by atoms with Gasteiger partial charge in [0, 0.05) is 5.38 Å². The highest BCUT2D eigenvalue weighted by molar-refractivity contribution is 7.09. The third-order valence-corrected chi connectivity index (χ3v) is 4.73. The molecule has 3 rings (SSSR count). The van der Waals surface area contributed by atoms with Crippen LogP contribution in [0.5, 0.6) is 0 Å². The van der Waals surface area contributed by atoms with Crippen molar-refractivity contribution in [2.45, 2.75) is 26.3 Å². The molecule has 0 saturated carbocycles. The molecular weight excluding hydrogens is 325 g/mol. The molecule has 1 aliphatic heterocycles. The SMILES string of the molecule is Cc1nc(CNc2c(Cl)ccc3c2CCNCC3)cs1.Cl. The minimum Gasteiger partial charge on any atom is -0.378 e. The third kappa shape index (κ3) is 3.89. The maximum atomic E-state index is 6.39. The Morgan fingerprint density at radius 3 is 2.90 bits per heavy atom. The van der Waals surface area contributed by atoms with Gasteiger partial charge in [-0.2, -0.15) is 0 Å². The van der Waals surface area contributed by atoms with Gasteiger partial charge in [0.2, 0.25) is 0 Å². The summed E-state index contributed by atoms with van der Waals surface area (Å²) in [6.07, 6.45) is 2.09. The first-order chi connectivity index (χ1) is 9.74. The number of thiazole rings is 1. The number of rotatable bonds is 3. The molecule has 0 amide bonds. The van der Waals surface area contributed by atoms with E-state index in [-0.39, 0.29) is 12.4 Å². The minimum absolute atomic E-state index is 0. The van der Waals surface area contributed by atoms with Crippen molar-refractivity contribution in [1.29, 1.82) is 0 Å². The summed E-state index contributed by atoms with van der Waals surface area (Å²) < 4.78 is 0. The molecule has 0 radical (unpaired) electrons. The first-order valence-corrected chi connectivity index (χ1v) is 8.15. The van der Waals surface area contributed by atoms with Crippen molar-refractivity contribution in [2.75, 3.05) is 18.4 Å². The van der Waals surface area contributed by atoms with E-state index in [9.17, 15) is 0 Å². The number of benzene rings is 1. The van der Waals surface area contributed by atoms with E-state index in [1.165, 1.54) is 11.1 Å². The number of hydrogen-bond donors (Lipinski definition) is 2. The van der Waals surface area contributed by atoms with Gasteiger partial charge >= 0.3 is 0 Å². The van der Waals surface area contributed by atoms with Gasteiger partial charge in [0.15, 0.2) is 0 Å². The summed E-state index contributed by atoms with van der Waals surface area (Å²) in [6.45, 7) is 4.81. The van der Waals surface area contributed by atoms with E-state index < -0.39 is 0 Å². The van der Waals surface area contributed by atoms with Gasteiger partial charge in [-0.1, -0.05) is 17.7 Å². The Bertz CT molecular complexity index is 613. The molecular formula is C15H19Cl2N3S. The van der Waals surface area contributed by atoms with Crippen molar-refractivity contribution in [3.8, 4) is 0 Å². The highest BCUT2D eigenvalue weighted by atomic mass is 35.5. The molecule has 0 saturated heterocycles. The van der Waals surface area contributed by atoms with Crippen LogP contribution in [0.3, 0.4) is 0 Å². The second-order valence-electron chi connectivity index (χ2n) is 5.02. The zero-order valence-electron chi connectivity index (χ0n) is 11.9. The van der Waals surface area contributed by atoms with E-state index in [0.717, 1.165) is 53.9 Å². The van der Waals surface area contributed by atoms with Crippen LogP contribution < -0.4 is 10.6 Å². The van der Waals surface area contributed by atoms with Crippen molar-refractivity contribution >= 4 is 41.0 Å². The molecule has 1 aromatic heterocycles. The van der Waals surface area contributed by atoms with Crippen LogP contribution in [-0.4, -0.2) is 18.1 Å². The van der Waals surface area contributed by atoms with Crippen LogP contribution in [0.2, 0.25) is 5.02 Å². The molecule has 0 aliphatic carbocycles. The van der Waals surface area contributed by atoms with E-state index in [1.807, 2.05) is 13.0 Å². The zero-order valence-corrected chi connectivity index (χ0v) is 14.3. The molecule has 2 aromatic rings. The first-order valence-electron chi connectivity index (χ1n) is 6.90. The van der Waals surface area contributed by atoms with Crippen molar-refractivity contribution < 1.29 is 0 Å². The number of fused-ring (bicyclic) bond motifs is 1. The molecule has 21 heavy (non-hydrogen) atoms. The Labute approximate surface area is 140 Å². The molecule has 3 nitrogen and oxygen atoms in total. The molecule has 1 aliphatic rings. The largest absolute Gasteiger partial charge is 0.378 e. The highest BCUT2D eigenvalue weighted by Crippen LogP contribution is 2.31. The van der Waals surface area contributed by atoms with Crippen LogP contribution >= 0.6 is 35.3 Å². The second-order valence-corrected chi connectivity index (χ2v) is 6.49. The summed E-state index contributed by atoms with van der Waals surface area (Å²) in [6, 6.07) is 4.16. The summed E-state index contributed by atoms with van der Waals surface area (Å²) >= 11 is 8.07. The fourth-order valence-electron chi connectivity index (χ4n) is 2.60. The minimum atomic E-state index is 0. The molecule has 0 spiro atoms. The lowest BCUT2D eigenvalue weighted by atomic mass is 10.0. The van der Waals surface area contributed by atoms with Gasteiger partial charge in [-0.25, -0.2) is 4.98 Å². The second kappa shape index (κ2) is 7.45. The highest BCUT2D eigenvalue weighted by Gasteiger charge is 2.14. The van der Waals surface area contributed by atoms with E-state index >= 15 is 0 Å². The molecule has 0 unspecified atom stereocenters. The van der Waals surface area contributed by atoms with Gasteiger partial charge in [-0.05, 0) is 50.0 Å². The average Bonchev–Trinajstić information content (AvgIpc) is 2.71. The van der Waals surface area contributed by atoms with E-state index in [4.69, 9.17) is 11.6 Å². The van der Waals surface area contributed by atoms with Crippen LogP contribution in [-0.2, 0) is 19.4 Å². The lowest BCUT2D eigenvalue weighted by molar-refractivity contribution is 0.711. The summed E-state index contributed by atoms with van der Waals surface area (Å²) in [5.74, 6) is 0. The lowest BCUT2D eigenvalue weighted by Crippen LogP contribution is -2.16. The monoisotopic (exact) mass is 343 g/mol. The Balaban J connectivity index is 0.00000161. The van der Waals surface area contributed by atoms with Crippen LogP contribution in [0.25, 0.3) is 0 Å². The third-order valence-electron chi connectivity index (χ3n) is 3.59. The average molecular weight is 344 g/mol. The number of nitrogens with zero attached hydrogens (tertiary/aromatic N) is 1. The molecule has 0 fully saturated rings. The van der Waals surface area contributed by atoms with Crippen LogP contribution in [0.1, 0.15) is 21.8 Å². The Kier molecular flexibility index (Phi) is 5.88. The zero-order chi connectivity index (χ0) is 13.9. The number of anilines is 1. The number of hydrogen-bond acceptors (Lipinski definition) is 4. The predicted molar refractivity (Wildman–Crippen MR) is 93.2 cm³/mol. The molecule has 6 heteroatoms. The Hall–Kier alpha value is -0.810. The lowest BCUT2D eigenvalue weighted by Gasteiger charge is -2.15. The summed E-state index contributed by atoms with van der Waals surface area (Å²) in [4.78, 5) is 4.49. The van der Waals surface area contributed by atoms with Crippen molar-refractivity contribution in [3.05, 3.63) is 44.4 Å². The van der Waals surface area contributed by atoms with Crippen LogP contribution in [0, 0.1) is 6.92 Å². The molecule has 2 heterocycles. The van der Waals surface area contributed by atoms with Crippen LogP contribution in [0.15, 0.2) is 17.5 Å². The molecule has 0 bridgehead atoms. The van der Waals surface area contributed by atoms with Gasteiger partial charge in [0.05, 0.1) is 28.0 Å². The van der Waals surface area contributed by atoms with Gasteiger partial charge in [0.25, 0.3) is 0 Å². The molecule has 0 atom stereocenters. The van der Waals surface area contributed by atoms with Gasteiger partial charge in [-0.3, -0.25) is 0 Å².